The van der Waals surface area contributed by atoms with E-state index in [1.807, 2.05) is 6.92 Å². The van der Waals surface area contributed by atoms with Crippen molar-refractivity contribution in [2.45, 2.75) is 20.3 Å². The standard InChI is InChI=1S/C13H13FN2O/c1-3-11-15-12(8(2)13(17)16-11)9-5-4-6-10(14)7-9/h4-7H,3H2,1-2H3,(H,15,16,17). The van der Waals surface area contributed by atoms with Crippen LogP contribution in [-0.2, 0) is 6.42 Å². The molecule has 0 saturated heterocycles. The molecule has 0 unspecified atom stereocenters. The second-order valence-corrected chi connectivity index (χ2v) is 3.85. The number of benzene rings is 1. The first-order valence-corrected chi connectivity index (χ1v) is 5.47. The molecular weight excluding hydrogens is 219 g/mol. The minimum atomic E-state index is -0.331. The predicted octanol–water partition coefficient (Wildman–Crippen LogP) is 2.45. The lowest BCUT2D eigenvalue weighted by molar-refractivity contribution is 0.628. The van der Waals surface area contributed by atoms with Crippen LogP contribution in [0.4, 0.5) is 4.39 Å². The Bertz CT molecular complexity index is 605. The Balaban J connectivity index is 2.66. The van der Waals surface area contributed by atoms with Gasteiger partial charge in [0.2, 0.25) is 0 Å². The quantitative estimate of drug-likeness (QED) is 0.864. The molecule has 1 heterocycles. The van der Waals surface area contributed by atoms with Gasteiger partial charge < -0.3 is 4.98 Å². The van der Waals surface area contributed by atoms with E-state index in [-0.39, 0.29) is 11.4 Å². The van der Waals surface area contributed by atoms with E-state index in [0.29, 0.717) is 29.1 Å². The van der Waals surface area contributed by atoms with E-state index in [1.165, 1.54) is 12.1 Å². The van der Waals surface area contributed by atoms with E-state index in [9.17, 15) is 9.18 Å². The highest BCUT2D eigenvalue weighted by Crippen LogP contribution is 2.19. The molecule has 1 aromatic heterocycles. The summed E-state index contributed by atoms with van der Waals surface area (Å²) >= 11 is 0. The molecule has 3 nitrogen and oxygen atoms in total. The summed E-state index contributed by atoms with van der Waals surface area (Å²) < 4.78 is 13.2. The van der Waals surface area contributed by atoms with Crippen LogP contribution in [0.2, 0.25) is 0 Å². The van der Waals surface area contributed by atoms with Crippen molar-refractivity contribution in [2.75, 3.05) is 0 Å². The average molecular weight is 232 g/mol. The van der Waals surface area contributed by atoms with Crippen molar-refractivity contribution in [2.24, 2.45) is 0 Å². The van der Waals surface area contributed by atoms with Crippen LogP contribution in [0.3, 0.4) is 0 Å². The topological polar surface area (TPSA) is 45.8 Å². The first-order valence-electron chi connectivity index (χ1n) is 5.47. The molecule has 17 heavy (non-hydrogen) atoms. The molecule has 1 N–H and O–H groups in total. The van der Waals surface area contributed by atoms with E-state index in [4.69, 9.17) is 0 Å². The summed E-state index contributed by atoms with van der Waals surface area (Å²) in [6.07, 6.45) is 0.637. The molecular formula is C13H13FN2O. The van der Waals surface area contributed by atoms with Crippen LogP contribution in [0.1, 0.15) is 18.3 Å². The van der Waals surface area contributed by atoms with Gasteiger partial charge in [-0.05, 0) is 19.1 Å². The molecule has 0 aliphatic carbocycles. The summed E-state index contributed by atoms with van der Waals surface area (Å²) in [5, 5.41) is 0. The van der Waals surface area contributed by atoms with Gasteiger partial charge in [0.05, 0.1) is 5.69 Å². The zero-order valence-electron chi connectivity index (χ0n) is 9.75. The monoisotopic (exact) mass is 232 g/mol. The van der Waals surface area contributed by atoms with Crippen molar-refractivity contribution in [3.05, 3.63) is 51.8 Å². The van der Waals surface area contributed by atoms with Gasteiger partial charge in [-0.1, -0.05) is 19.1 Å². The minimum Gasteiger partial charge on any atom is -0.310 e. The fourth-order valence-corrected chi connectivity index (χ4v) is 1.66. The van der Waals surface area contributed by atoms with Gasteiger partial charge in [-0.3, -0.25) is 4.79 Å². The molecule has 0 aliphatic heterocycles. The lowest BCUT2D eigenvalue weighted by Crippen LogP contribution is -2.15. The van der Waals surface area contributed by atoms with Gasteiger partial charge in [-0.15, -0.1) is 0 Å². The fourth-order valence-electron chi connectivity index (χ4n) is 1.66. The van der Waals surface area contributed by atoms with Gasteiger partial charge in [0.1, 0.15) is 11.6 Å². The number of halogens is 1. The number of aryl methyl sites for hydroxylation is 1. The third kappa shape index (κ3) is 2.25. The molecule has 0 spiro atoms. The Kier molecular flexibility index (Phi) is 3.04. The zero-order valence-corrected chi connectivity index (χ0v) is 9.75. The Labute approximate surface area is 98.3 Å². The number of aromatic nitrogens is 2. The number of nitrogens with zero attached hydrogens (tertiary/aromatic N) is 1. The summed E-state index contributed by atoms with van der Waals surface area (Å²) in [7, 11) is 0. The van der Waals surface area contributed by atoms with Crippen LogP contribution in [0.5, 0.6) is 0 Å². The maximum Gasteiger partial charge on any atom is 0.254 e. The van der Waals surface area contributed by atoms with Crippen molar-refractivity contribution >= 4 is 0 Å². The second-order valence-electron chi connectivity index (χ2n) is 3.85. The largest absolute Gasteiger partial charge is 0.310 e. The van der Waals surface area contributed by atoms with Crippen LogP contribution in [0.25, 0.3) is 11.3 Å². The zero-order chi connectivity index (χ0) is 12.4. The molecule has 1 aromatic carbocycles. The summed E-state index contributed by atoms with van der Waals surface area (Å²) in [4.78, 5) is 18.7. The van der Waals surface area contributed by atoms with E-state index < -0.39 is 0 Å². The molecule has 0 bridgehead atoms. The molecule has 0 amide bonds. The number of H-pyrrole nitrogens is 1. The van der Waals surface area contributed by atoms with Gasteiger partial charge in [0.15, 0.2) is 0 Å². The highest BCUT2D eigenvalue weighted by atomic mass is 19.1. The van der Waals surface area contributed by atoms with Crippen molar-refractivity contribution in [1.29, 1.82) is 0 Å². The van der Waals surface area contributed by atoms with E-state index in [0.717, 1.165) is 0 Å². The van der Waals surface area contributed by atoms with Gasteiger partial charge in [0, 0.05) is 17.5 Å². The van der Waals surface area contributed by atoms with Gasteiger partial charge in [-0.2, -0.15) is 0 Å². The summed E-state index contributed by atoms with van der Waals surface area (Å²) in [5.74, 6) is 0.280. The second kappa shape index (κ2) is 4.49. The lowest BCUT2D eigenvalue weighted by atomic mass is 10.1. The van der Waals surface area contributed by atoms with Gasteiger partial charge in [-0.25, -0.2) is 9.37 Å². The SMILES string of the molecule is CCc1nc(-c2cccc(F)c2)c(C)c(=O)[nH]1. The highest BCUT2D eigenvalue weighted by Gasteiger charge is 2.09. The van der Waals surface area contributed by atoms with Crippen LogP contribution < -0.4 is 5.56 Å². The summed E-state index contributed by atoms with van der Waals surface area (Å²) in [5.41, 5.74) is 1.51. The Morgan fingerprint density at radius 3 is 2.82 bits per heavy atom. The molecule has 0 saturated carbocycles. The minimum absolute atomic E-state index is 0.170. The first-order chi connectivity index (χ1) is 8.11. The molecule has 0 radical (unpaired) electrons. The summed E-state index contributed by atoms with van der Waals surface area (Å²) in [6, 6.07) is 6.11. The predicted molar refractivity (Wildman–Crippen MR) is 64.4 cm³/mol. The van der Waals surface area contributed by atoms with Gasteiger partial charge in [0.25, 0.3) is 5.56 Å². The third-order valence-corrected chi connectivity index (χ3v) is 2.63. The number of rotatable bonds is 2. The number of hydrogen-bond donors (Lipinski definition) is 1. The van der Waals surface area contributed by atoms with Gasteiger partial charge >= 0.3 is 0 Å². The smallest absolute Gasteiger partial charge is 0.254 e. The maximum atomic E-state index is 13.2. The Morgan fingerprint density at radius 2 is 2.18 bits per heavy atom. The highest BCUT2D eigenvalue weighted by molar-refractivity contribution is 5.62. The number of nitrogens with one attached hydrogen (secondary N) is 1. The van der Waals surface area contributed by atoms with Crippen molar-refractivity contribution in [1.82, 2.24) is 9.97 Å². The van der Waals surface area contributed by atoms with Crippen molar-refractivity contribution in [3.8, 4) is 11.3 Å². The third-order valence-electron chi connectivity index (χ3n) is 2.63. The van der Waals surface area contributed by atoms with E-state index >= 15 is 0 Å². The van der Waals surface area contributed by atoms with Crippen LogP contribution in [0.15, 0.2) is 29.1 Å². The Hall–Kier alpha value is -1.97. The molecule has 0 atom stereocenters. The number of aromatic amines is 1. The fraction of sp³-hybridized carbons (Fsp3) is 0.231. The molecule has 2 rings (SSSR count). The number of hydrogen-bond acceptors (Lipinski definition) is 2. The maximum absolute atomic E-state index is 13.2. The van der Waals surface area contributed by atoms with E-state index in [1.54, 1.807) is 19.1 Å². The molecule has 88 valence electrons. The normalized spacial score (nSPS) is 10.5. The Morgan fingerprint density at radius 1 is 1.41 bits per heavy atom. The molecule has 0 fully saturated rings. The van der Waals surface area contributed by atoms with Crippen molar-refractivity contribution in [3.63, 3.8) is 0 Å². The summed E-state index contributed by atoms with van der Waals surface area (Å²) in [6.45, 7) is 3.59. The molecule has 4 heteroatoms. The lowest BCUT2D eigenvalue weighted by Gasteiger charge is -2.06. The molecule has 0 aliphatic rings. The first kappa shape index (κ1) is 11.5. The average Bonchev–Trinajstić information content (AvgIpc) is 2.32. The van der Waals surface area contributed by atoms with Crippen LogP contribution >= 0.6 is 0 Å². The van der Waals surface area contributed by atoms with Crippen molar-refractivity contribution < 1.29 is 4.39 Å². The van der Waals surface area contributed by atoms with E-state index in [2.05, 4.69) is 9.97 Å². The van der Waals surface area contributed by atoms with Crippen LogP contribution in [-0.4, -0.2) is 9.97 Å². The molecule has 2 aromatic rings. The van der Waals surface area contributed by atoms with Crippen LogP contribution in [0, 0.1) is 12.7 Å².